The molecule has 0 saturated carbocycles. The Balaban J connectivity index is 2.89. The molecule has 91 valence electrons. The molecule has 0 aromatic heterocycles. The van der Waals surface area contributed by atoms with Crippen molar-refractivity contribution in [2.75, 3.05) is 13.2 Å². The number of benzene rings is 1. The van der Waals surface area contributed by atoms with Crippen LogP contribution in [0.4, 0.5) is 5.69 Å². The number of aliphatic hydroxyl groups is 1. The van der Waals surface area contributed by atoms with Crippen LogP contribution in [0.1, 0.15) is 12.0 Å². The third-order valence-corrected chi connectivity index (χ3v) is 2.08. The monoisotopic (exact) mass is 238 g/mol. The molecule has 6 nitrogen and oxygen atoms in total. The van der Waals surface area contributed by atoms with Crippen LogP contribution in [0, 0.1) is 10.1 Å². The Labute approximate surface area is 98.0 Å². The minimum Gasteiger partial charge on any atom is -0.493 e. The Morgan fingerprint density at radius 3 is 2.82 bits per heavy atom. The molecular weight excluding hydrogens is 226 g/mol. The molecule has 0 amide bonds. The van der Waals surface area contributed by atoms with Crippen LogP contribution in [0.3, 0.4) is 0 Å². The first-order valence-electron chi connectivity index (χ1n) is 5.05. The zero-order chi connectivity index (χ0) is 12.7. The van der Waals surface area contributed by atoms with Crippen molar-refractivity contribution in [3.63, 3.8) is 0 Å². The fraction of sp³-hybridized carbons (Fsp3) is 0.364. The molecule has 0 unspecified atom stereocenters. The highest BCUT2D eigenvalue weighted by Crippen LogP contribution is 2.25. The molecule has 0 spiro atoms. The lowest BCUT2D eigenvalue weighted by Gasteiger charge is -2.08. The van der Waals surface area contributed by atoms with Crippen molar-refractivity contribution < 1.29 is 19.6 Å². The van der Waals surface area contributed by atoms with Gasteiger partial charge in [-0.3, -0.25) is 14.9 Å². The van der Waals surface area contributed by atoms with Crippen LogP contribution >= 0.6 is 0 Å². The molecule has 0 atom stereocenters. The number of hydrogen-bond donors (Lipinski definition) is 1. The number of hydrogen-bond acceptors (Lipinski definition) is 5. The highest BCUT2D eigenvalue weighted by Gasteiger charge is 2.11. The lowest BCUT2D eigenvalue weighted by molar-refractivity contribution is -0.384. The normalized spacial score (nSPS) is 9.94. The van der Waals surface area contributed by atoms with Gasteiger partial charge < -0.3 is 9.84 Å². The maximum atomic E-state index is 10.6. The quantitative estimate of drug-likeness (QED) is 0.435. The molecule has 1 aromatic carbocycles. The van der Waals surface area contributed by atoms with E-state index in [1.54, 1.807) is 6.29 Å². The molecule has 0 aliphatic rings. The molecule has 1 N–H and O–H groups in total. The number of nitro benzene ring substituents is 1. The molecule has 0 bridgehead atoms. The van der Waals surface area contributed by atoms with Crippen LogP contribution in [-0.4, -0.2) is 29.5 Å². The van der Waals surface area contributed by atoms with Gasteiger partial charge in [-0.05, 0) is 6.07 Å². The van der Waals surface area contributed by atoms with E-state index in [0.29, 0.717) is 12.0 Å². The number of nitrogens with zero attached hydrogens (tertiary/aromatic N) is 1. The molecule has 6 heteroatoms. The second-order valence-electron chi connectivity index (χ2n) is 3.30. The zero-order valence-electron chi connectivity index (χ0n) is 9.09. The predicted molar refractivity (Wildman–Crippen MR) is 59.7 cm³/mol. The topological polar surface area (TPSA) is 89.7 Å². The molecule has 1 rings (SSSR count). The van der Waals surface area contributed by atoms with E-state index in [2.05, 4.69) is 0 Å². The molecule has 0 fully saturated rings. The summed E-state index contributed by atoms with van der Waals surface area (Å²) in [5.74, 6) is 0.288. The molecule has 0 heterocycles. The van der Waals surface area contributed by atoms with Crippen molar-refractivity contribution in [3.8, 4) is 5.75 Å². The Hall–Kier alpha value is -1.95. The van der Waals surface area contributed by atoms with Crippen molar-refractivity contribution in [2.24, 2.45) is 0 Å². The van der Waals surface area contributed by atoms with Gasteiger partial charge in [-0.1, -0.05) is 0 Å². The van der Waals surface area contributed by atoms with Gasteiger partial charge in [0.25, 0.3) is 5.69 Å². The maximum Gasteiger partial charge on any atom is 0.273 e. The van der Waals surface area contributed by atoms with Gasteiger partial charge in [0.2, 0.25) is 6.29 Å². The van der Waals surface area contributed by atoms with E-state index in [1.165, 1.54) is 18.2 Å². The minimum atomic E-state index is -0.534. The first-order valence-corrected chi connectivity index (χ1v) is 5.05. The third-order valence-electron chi connectivity index (χ3n) is 2.08. The van der Waals surface area contributed by atoms with Crippen molar-refractivity contribution in [1.29, 1.82) is 0 Å². The van der Waals surface area contributed by atoms with Gasteiger partial charge in [-0.2, -0.15) is 0 Å². The van der Waals surface area contributed by atoms with Gasteiger partial charge in [0, 0.05) is 31.1 Å². The van der Waals surface area contributed by atoms with E-state index in [0.717, 1.165) is 0 Å². The first-order chi connectivity index (χ1) is 8.19. The van der Waals surface area contributed by atoms with Crippen molar-refractivity contribution >= 4 is 12.0 Å². The summed E-state index contributed by atoms with van der Waals surface area (Å²) in [6.45, 7) is 0.216. The van der Waals surface area contributed by atoms with Gasteiger partial charge in [0.05, 0.1) is 17.6 Å². The Bertz CT molecular complexity index is 405. The van der Waals surface area contributed by atoms with E-state index in [-0.39, 0.29) is 31.1 Å². The van der Waals surface area contributed by atoms with Crippen LogP contribution in [0.5, 0.6) is 5.75 Å². The maximum absolute atomic E-state index is 10.6. The fourth-order valence-electron chi connectivity index (χ4n) is 1.26. The van der Waals surface area contributed by atoms with E-state index < -0.39 is 4.92 Å². The van der Waals surface area contributed by atoms with Crippen LogP contribution in [0.25, 0.3) is 0 Å². The molecule has 0 saturated heterocycles. The van der Waals surface area contributed by atoms with Gasteiger partial charge in [-0.15, -0.1) is 0 Å². The summed E-state index contributed by atoms with van der Waals surface area (Å²) in [6.07, 6.45) is 2.16. The largest absolute Gasteiger partial charge is 0.493 e. The number of nitro groups is 1. The summed E-state index contributed by atoms with van der Waals surface area (Å²) in [7, 11) is 0. The van der Waals surface area contributed by atoms with Gasteiger partial charge in [-0.25, -0.2) is 0 Å². The van der Waals surface area contributed by atoms with E-state index in [1.807, 2.05) is 0 Å². The summed E-state index contributed by atoms with van der Waals surface area (Å²) in [5.41, 5.74) is 0.446. The molecule has 0 aliphatic carbocycles. The van der Waals surface area contributed by atoms with E-state index >= 15 is 0 Å². The van der Waals surface area contributed by atoms with Gasteiger partial charge in [0.15, 0.2) is 0 Å². The first kappa shape index (κ1) is 13.1. The van der Waals surface area contributed by atoms with Crippen molar-refractivity contribution in [1.82, 2.24) is 0 Å². The summed E-state index contributed by atoms with van der Waals surface area (Å²) in [6, 6.07) is 4.05. The number of non-ortho nitro benzene ring substituents is 1. The standard InChI is InChI=1S/C11H12NO5/c13-5-1-7-17-11-8-10(12(15)16)3-2-9(11)4-6-14/h2-3,8,13H,1,4-5,7H2. The molecular formula is C11H12NO5. The Morgan fingerprint density at radius 2 is 2.24 bits per heavy atom. The molecule has 17 heavy (non-hydrogen) atoms. The van der Waals surface area contributed by atoms with Gasteiger partial charge in [0.1, 0.15) is 5.75 Å². The summed E-state index contributed by atoms with van der Waals surface area (Å²) in [4.78, 5) is 20.4. The number of ether oxygens (including phenoxy) is 1. The molecule has 1 aromatic rings. The lowest BCUT2D eigenvalue weighted by Crippen LogP contribution is -2.03. The second-order valence-corrected chi connectivity index (χ2v) is 3.30. The molecule has 0 aliphatic heterocycles. The van der Waals surface area contributed by atoms with E-state index in [4.69, 9.17) is 9.84 Å². The highest BCUT2D eigenvalue weighted by molar-refractivity contribution is 5.59. The minimum absolute atomic E-state index is 0.0203. The summed E-state index contributed by atoms with van der Waals surface area (Å²) >= 11 is 0. The summed E-state index contributed by atoms with van der Waals surface area (Å²) < 4.78 is 5.28. The fourth-order valence-corrected chi connectivity index (χ4v) is 1.26. The number of aliphatic hydroxyl groups excluding tert-OH is 1. The van der Waals surface area contributed by atoms with Crippen LogP contribution < -0.4 is 4.74 Å². The van der Waals surface area contributed by atoms with Crippen LogP contribution in [0.2, 0.25) is 0 Å². The predicted octanol–water partition coefficient (Wildman–Crippen LogP) is 1.01. The summed E-state index contributed by atoms with van der Waals surface area (Å²) in [5, 5.41) is 19.2. The Kier molecular flexibility index (Phi) is 5.09. The molecule has 1 radical (unpaired) electrons. The van der Waals surface area contributed by atoms with Crippen LogP contribution in [-0.2, 0) is 11.2 Å². The third kappa shape index (κ3) is 3.84. The smallest absolute Gasteiger partial charge is 0.273 e. The van der Waals surface area contributed by atoms with E-state index in [9.17, 15) is 14.9 Å². The number of rotatable bonds is 7. The number of carbonyl (C=O) groups excluding carboxylic acids is 1. The van der Waals surface area contributed by atoms with Crippen molar-refractivity contribution in [3.05, 3.63) is 33.9 Å². The van der Waals surface area contributed by atoms with Crippen LogP contribution in [0.15, 0.2) is 18.2 Å². The second kappa shape index (κ2) is 6.59. The highest BCUT2D eigenvalue weighted by atomic mass is 16.6. The SMILES string of the molecule is O=[C]Cc1ccc([N+](=O)[O-])cc1OCCCO. The van der Waals surface area contributed by atoms with Crippen molar-refractivity contribution in [2.45, 2.75) is 12.8 Å². The Morgan fingerprint density at radius 1 is 1.47 bits per heavy atom. The van der Waals surface area contributed by atoms with Gasteiger partial charge >= 0.3 is 0 Å². The lowest BCUT2D eigenvalue weighted by atomic mass is 10.1. The zero-order valence-corrected chi connectivity index (χ0v) is 9.09. The average molecular weight is 238 g/mol. The average Bonchev–Trinajstić information content (AvgIpc) is 2.31.